The molecule has 0 aliphatic heterocycles. The summed E-state index contributed by atoms with van der Waals surface area (Å²) in [5.41, 5.74) is 2.75. The van der Waals surface area contributed by atoms with E-state index in [2.05, 4.69) is 11.9 Å². The predicted octanol–water partition coefficient (Wildman–Crippen LogP) is 5.33. The molecule has 2 aromatic carbocycles. The Labute approximate surface area is 176 Å². The molecule has 0 radical (unpaired) electrons. The van der Waals surface area contributed by atoms with Crippen molar-refractivity contribution >= 4 is 29.3 Å². The Morgan fingerprint density at radius 3 is 2.76 bits per heavy atom. The molecule has 0 unspecified atom stereocenters. The fourth-order valence-electron chi connectivity index (χ4n) is 2.78. The Kier molecular flexibility index (Phi) is 7.88. The molecule has 0 aliphatic rings. The number of rotatable bonds is 8. The Balaban J connectivity index is 2.42. The van der Waals surface area contributed by atoms with Crippen molar-refractivity contribution in [3.63, 3.8) is 0 Å². The van der Waals surface area contributed by atoms with Gasteiger partial charge in [-0.15, -0.1) is 6.58 Å². The van der Waals surface area contributed by atoms with Crippen LogP contribution in [0.2, 0.25) is 5.02 Å². The smallest absolute Gasteiger partial charge is 0.266 e. The molecule has 0 bridgehead atoms. The second-order valence-electron chi connectivity index (χ2n) is 6.17. The normalized spacial score (nSPS) is 10.8. The van der Waals surface area contributed by atoms with Gasteiger partial charge in [0.15, 0.2) is 11.5 Å². The van der Waals surface area contributed by atoms with Crippen LogP contribution in [-0.2, 0) is 11.2 Å². The first kappa shape index (κ1) is 22.1. The average molecular weight is 411 g/mol. The van der Waals surface area contributed by atoms with Crippen LogP contribution in [0.4, 0.5) is 5.69 Å². The molecule has 1 amide bonds. The van der Waals surface area contributed by atoms with Gasteiger partial charge in [-0.2, -0.15) is 5.26 Å². The summed E-state index contributed by atoms with van der Waals surface area (Å²) >= 11 is 6.10. The van der Waals surface area contributed by atoms with Crippen molar-refractivity contribution in [1.82, 2.24) is 0 Å². The molecule has 0 spiro atoms. The summed E-state index contributed by atoms with van der Waals surface area (Å²) < 4.78 is 11.1. The number of allylic oxidation sites excluding steroid dienone is 1. The number of nitrogens with one attached hydrogen (secondary N) is 1. The van der Waals surface area contributed by atoms with Gasteiger partial charge in [0.1, 0.15) is 11.6 Å². The predicted molar refractivity (Wildman–Crippen MR) is 116 cm³/mol. The topological polar surface area (TPSA) is 71.4 Å². The average Bonchev–Trinajstić information content (AvgIpc) is 2.71. The van der Waals surface area contributed by atoms with E-state index in [0.717, 1.165) is 11.1 Å². The Morgan fingerprint density at radius 2 is 2.14 bits per heavy atom. The van der Waals surface area contributed by atoms with Gasteiger partial charge in [-0.05, 0) is 61.7 Å². The van der Waals surface area contributed by atoms with Gasteiger partial charge in [0, 0.05) is 16.3 Å². The summed E-state index contributed by atoms with van der Waals surface area (Å²) in [4.78, 5) is 12.6. The molecule has 150 valence electrons. The number of anilines is 1. The minimum absolute atomic E-state index is 0.0415. The van der Waals surface area contributed by atoms with Crippen molar-refractivity contribution in [1.29, 1.82) is 5.26 Å². The van der Waals surface area contributed by atoms with Crippen LogP contribution in [0.1, 0.15) is 23.6 Å². The maximum absolute atomic E-state index is 12.6. The third-order valence-electron chi connectivity index (χ3n) is 4.22. The molecule has 0 heterocycles. The number of amides is 1. The molecule has 6 heteroatoms. The van der Waals surface area contributed by atoms with Gasteiger partial charge >= 0.3 is 0 Å². The monoisotopic (exact) mass is 410 g/mol. The number of nitriles is 1. The first-order chi connectivity index (χ1) is 13.9. The third-order valence-corrected chi connectivity index (χ3v) is 4.63. The highest BCUT2D eigenvalue weighted by Gasteiger charge is 2.15. The lowest BCUT2D eigenvalue weighted by atomic mass is 10.0. The molecule has 5 nitrogen and oxygen atoms in total. The molecule has 0 saturated heterocycles. The van der Waals surface area contributed by atoms with E-state index in [1.807, 2.05) is 19.1 Å². The van der Waals surface area contributed by atoms with Crippen molar-refractivity contribution < 1.29 is 14.3 Å². The van der Waals surface area contributed by atoms with E-state index in [4.69, 9.17) is 21.1 Å². The zero-order valence-corrected chi connectivity index (χ0v) is 17.5. The standard InChI is InChI=1S/C23H23ClN2O3/c1-5-8-17-11-16(13-21(28-4)22(17)29-6-2)12-18(14-25)23(27)26-20-10-7-9-19(24)15(20)3/h5,7,9-13H,1,6,8H2,2-4H3,(H,26,27)/b18-12+. The van der Waals surface area contributed by atoms with E-state index >= 15 is 0 Å². The highest BCUT2D eigenvalue weighted by atomic mass is 35.5. The molecule has 29 heavy (non-hydrogen) atoms. The van der Waals surface area contributed by atoms with Crippen LogP contribution < -0.4 is 14.8 Å². The summed E-state index contributed by atoms with van der Waals surface area (Å²) in [6, 6.07) is 10.7. The maximum atomic E-state index is 12.6. The van der Waals surface area contributed by atoms with Gasteiger partial charge in [0.05, 0.1) is 13.7 Å². The van der Waals surface area contributed by atoms with Crippen molar-refractivity contribution in [2.45, 2.75) is 20.3 Å². The van der Waals surface area contributed by atoms with Crippen LogP contribution in [-0.4, -0.2) is 19.6 Å². The zero-order chi connectivity index (χ0) is 21.4. The fourth-order valence-corrected chi connectivity index (χ4v) is 2.96. The van der Waals surface area contributed by atoms with E-state index < -0.39 is 5.91 Å². The van der Waals surface area contributed by atoms with Gasteiger partial charge in [-0.3, -0.25) is 4.79 Å². The Morgan fingerprint density at radius 1 is 1.38 bits per heavy atom. The molecule has 0 saturated carbocycles. The number of methoxy groups -OCH3 is 1. The number of halogens is 1. The van der Waals surface area contributed by atoms with Crippen molar-refractivity contribution in [3.05, 3.63) is 70.3 Å². The number of carbonyl (C=O) groups excluding carboxylic acids is 1. The van der Waals surface area contributed by atoms with Crippen LogP contribution in [0.25, 0.3) is 6.08 Å². The quantitative estimate of drug-likeness (QED) is 0.362. The molecule has 2 aromatic rings. The largest absolute Gasteiger partial charge is 0.493 e. The number of benzene rings is 2. The number of hydrogen-bond donors (Lipinski definition) is 1. The summed E-state index contributed by atoms with van der Waals surface area (Å²) in [6.07, 6.45) is 3.83. The van der Waals surface area contributed by atoms with Crippen molar-refractivity contribution in [2.75, 3.05) is 19.0 Å². The maximum Gasteiger partial charge on any atom is 0.266 e. The molecular weight excluding hydrogens is 388 g/mol. The minimum atomic E-state index is -0.518. The van der Waals surface area contributed by atoms with Crippen LogP contribution >= 0.6 is 11.6 Å². The van der Waals surface area contributed by atoms with Gasteiger partial charge in [0.2, 0.25) is 0 Å². The molecular formula is C23H23ClN2O3. The molecule has 2 rings (SSSR count). The van der Waals surface area contributed by atoms with Crippen LogP contribution in [0, 0.1) is 18.3 Å². The van der Waals surface area contributed by atoms with Gasteiger partial charge in [-0.1, -0.05) is 23.7 Å². The van der Waals surface area contributed by atoms with Gasteiger partial charge in [0.25, 0.3) is 5.91 Å². The van der Waals surface area contributed by atoms with E-state index in [9.17, 15) is 10.1 Å². The third kappa shape index (κ3) is 5.40. The lowest BCUT2D eigenvalue weighted by Crippen LogP contribution is -2.14. The zero-order valence-electron chi connectivity index (χ0n) is 16.7. The number of ether oxygens (including phenoxy) is 2. The second-order valence-corrected chi connectivity index (χ2v) is 6.58. The fraction of sp³-hybridized carbons (Fsp3) is 0.217. The Hall–Kier alpha value is -3.23. The minimum Gasteiger partial charge on any atom is -0.493 e. The SMILES string of the molecule is C=CCc1cc(/C=C(\C#N)C(=O)Nc2cccc(Cl)c2C)cc(OC)c1OCC. The van der Waals surface area contributed by atoms with Crippen LogP contribution in [0.15, 0.2) is 48.6 Å². The van der Waals surface area contributed by atoms with E-state index in [1.165, 1.54) is 6.08 Å². The summed E-state index contributed by atoms with van der Waals surface area (Å²) in [5.74, 6) is 0.640. The highest BCUT2D eigenvalue weighted by Crippen LogP contribution is 2.34. The molecule has 0 aromatic heterocycles. The number of carbonyl (C=O) groups is 1. The highest BCUT2D eigenvalue weighted by molar-refractivity contribution is 6.31. The van der Waals surface area contributed by atoms with E-state index in [0.29, 0.717) is 40.8 Å². The lowest BCUT2D eigenvalue weighted by Gasteiger charge is -2.15. The molecule has 0 aliphatic carbocycles. The van der Waals surface area contributed by atoms with Crippen molar-refractivity contribution in [2.24, 2.45) is 0 Å². The number of nitrogens with zero attached hydrogens (tertiary/aromatic N) is 1. The summed E-state index contributed by atoms with van der Waals surface area (Å²) in [5, 5.41) is 12.8. The van der Waals surface area contributed by atoms with Crippen LogP contribution in [0.3, 0.4) is 0 Å². The van der Waals surface area contributed by atoms with Gasteiger partial charge < -0.3 is 14.8 Å². The van der Waals surface area contributed by atoms with E-state index in [-0.39, 0.29) is 5.57 Å². The number of hydrogen-bond acceptors (Lipinski definition) is 4. The lowest BCUT2D eigenvalue weighted by molar-refractivity contribution is -0.112. The Bertz CT molecular complexity index is 990. The van der Waals surface area contributed by atoms with Crippen LogP contribution in [0.5, 0.6) is 11.5 Å². The summed E-state index contributed by atoms with van der Waals surface area (Å²) in [6.45, 7) is 7.95. The molecule has 0 fully saturated rings. The summed E-state index contributed by atoms with van der Waals surface area (Å²) in [7, 11) is 1.54. The van der Waals surface area contributed by atoms with E-state index in [1.54, 1.807) is 44.4 Å². The molecule has 0 atom stereocenters. The first-order valence-electron chi connectivity index (χ1n) is 9.08. The second kappa shape index (κ2) is 10.4. The first-order valence-corrected chi connectivity index (χ1v) is 9.45. The molecule has 1 N–H and O–H groups in total. The van der Waals surface area contributed by atoms with Crippen molar-refractivity contribution in [3.8, 4) is 17.6 Å². The van der Waals surface area contributed by atoms with Gasteiger partial charge in [-0.25, -0.2) is 0 Å².